The normalized spacial score (nSPS) is 11.9. The summed E-state index contributed by atoms with van der Waals surface area (Å²) in [5.74, 6) is -0.512. The summed E-state index contributed by atoms with van der Waals surface area (Å²) in [6, 6.07) is 16.7. The number of hydrogen-bond acceptors (Lipinski definition) is 5. The molecule has 0 spiro atoms. The number of rotatable bonds is 5. The van der Waals surface area contributed by atoms with E-state index in [0.29, 0.717) is 10.6 Å². The third-order valence-electron chi connectivity index (χ3n) is 4.43. The number of benzene rings is 2. The lowest BCUT2D eigenvalue weighted by atomic mass is 10.2. The van der Waals surface area contributed by atoms with Crippen LogP contribution in [0.5, 0.6) is 0 Å². The lowest BCUT2D eigenvalue weighted by molar-refractivity contribution is -0.117. The van der Waals surface area contributed by atoms with Crippen molar-refractivity contribution in [3.05, 3.63) is 70.4 Å². The fourth-order valence-corrected chi connectivity index (χ4v) is 4.54. The maximum absolute atomic E-state index is 12.4. The van der Waals surface area contributed by atoms with E-state index >= 15 is 0 Å². The summed E-state index contributed by atoms with van der Waals surface area (Å²) in [5, 5.41) is 8.32. The Hall–Kier alpha value is -3.03. The molecule has 146 valence electrons. The van der Waals surface area contributed by atoms with Crippen molar-refractivity contribution in [1.29, 1.82) is 0 Å². The van der Waals surface area contributed by atoms with Crippen LogP contribution in [-0.2, 0) is 4.79 Å². The molecule has 29 heavy (non-hydrogen) atoms. The predicted octanol–water partition coefficient (Wildman–Crippen LogP) is 5.09. The molecule has 7 heteroatoms. The largest absolute Gasteiger partial charge is 0.340 e. The van der Waals surface area contributed by atoms with Crippen molar-refractivity contribution >= 4 is 50.4 Å². The van der Waals surface area contributed by atoms with Crippen molar-refractivity contribution in [2.45, 2.75) is 19.9 Å². The highest BCUT2D eigenvalue weighted by atomic mass is 32.1. The molecule has 1 atom stereocenters. The van der Waals surface area contributed by atoms with E-state index in [1.807, 2.05) is 35.7 Å². The van der Waals surface area contributed by atoms with E-state index in [0.717, 1.165) is 20.8 Å². The SMILES string of the molecule is Cc1ccc2nc(-c3ccc(NC(=O)C(C)NC(=O)c4cccs4)cc3)sc2c1. The molecular weight excluding hydrogens is 402 g/mol. The van der Waals surface area contributed by atoms with E-state index in [9.17, 15) is 9.59 Å². The first kappa shape index (κ1) is 19.3. The molecule has 0 aliphatic carbocycles. The van der Waals surface area contributed by atoms with Gasteiger partial charge in [0.25, 0.3) is 5.91 Å². The van der Waals surface area contributed by atoms with Crippen LogP contribution in [0.4, 0.5) is 5.69 Å². The monoisotopic (exact) mass is 421 g/mol. The number of hydrogen-bond donors (Lipinski definition) is 2. The Labute approximate surface area is 176 Å². The fourth-order valence-electron chi connectivity index (χ4n) is 2.84. The van der Waals surface area contributed by atoms with E-state index in [1.165, 1.54) is 16.9 Å². The average molecular weight is 422 g/mol. The first-order valence-corrected chi connectivity index (χ1v) is 10.8. The highest BCUT2D eigenvalue weighted by molar-refractivity contribution is 7.21. The molecule has 2 N–H and O–H groups in total. The molecule has 4 aromatic rings. The average Bonchev–Trinajstić information content (AvgIpc) is 3.38. The highest BCUT2D eigenvalue weighted by Gasteiger charge is 2.17. The van der Waals surface area contributed by atoms with Gasteiger partial charge in [0.2, 0.25) is 5.91 Å². The summed E-state index contributed by atoms with van der Waals surface area (Å²) in [7, 11) is 0. The molecule has 0 bridgehead atoms. The number of carbonyl (C=O) groups excluding carboxylic acids is 2. The van der Waals surface area contributed by atoms with Crippen LogP contribution in [0.15, 0.2) is 60.0 Å². The molecule has 0 saturated heterocycles. The van der Waals surface area contributed by atoms with Gasteiger partial charge in [-0.25, -0.2) is 4.98 Å². The topological polar surface area (TPSA) is 71.1 Å². The van der Waals surface area contributed by atoms with Crippen molar-refractivity contribution in [2.24, 2.45) is 0 Å². The van der Waals surface area contributed by atoms with Gasteiger partial charge in [-0.2, -0.15) is 0 Å². The van der Waals surface area contributed by atoms with Gasteiger partial charge < -0.3 is 10.6 Å². The Kier molecular flexibility index (Phi) is 5.42. The predicted molar refractivity (Wildman–Crippen MR) is 120 cm³/mol. The van der Waals surface area contributed by atoms with Gasteiger partial charge in [-0.15, -0.1) is 22.7 Å². The third-order valence-corrected chi connectivity index (χ3v) is 6.37. The molecule has 4 rings (SSSR count). The number of nitrogens with zero attached hydrogens (tertiary/aromatic N) is 1. The lowest BCUT2D eigenvalue weighted by Gasteiger charge is -2.13. The van der Waals surface area contributed by atoms with Crippen molar-refractivity contribution < 1.29 is 9.59 Å². The zero-order valence-electron chi connectivity index (χ0n) is 15.9. The number of aromatic nitrogens is 1. The zero-order chi connectivity index (χ0) is 20.4. The Morgan fingerprint density at radius 3 is 2.59 bits per heavy atom. The van der Waals surface area contributed by atoms with Crippen molar-refractivity contribution in [1.82, 2.24) is 10.3 Å². The van der Waals surface area contributed by atoms with Crippen LogP contribution < -0.4 is 10.6 Å². The van der Waals surface area contributed by atoms with Gasteiger partial charge in [-0.3, -0.25) is 9.59 Å². The molecule has 5 nitrogen and oxygen atoms in total. The maximum Gasteiger partial charge on any atom is 0.261 e. The zero-order valence-corrected chi connectivity index (χ0v) is 17.6. The number of thiazole rings is 1. The van der Waals surface area contributed by atoms with Crippen LogP contribution in [0.25, 0.3) is 20.8 Å². The number of thiophene rings is 1. The van der Waals surface area contributed by atoms with Gasteiger partial charge in [-0.05, 0) is 67.3 Å². The number of fused-ring (bicyclic) bond motifs is 1. The van der Waals surface area contributed by atoms with Gasteiger partial charge in [-0.1, -0.05) is 12.1 Å². The molecule has 2 aromatic carbocycles. The number of aryl methyl sites for hydroxylation is 1. The van der Waals surface area contributed by atoms with Crippen molar-refractivity contribution in [3.63, 3.8) is 0 Å². The number of anilines is 1. The van der Waals surface area contributed by atoms with E-state index in [1.54, 1.807) is 30.4 Å². The Morgan fingerprint density at radius 2 is 1.86 bits per heavy atom. The van der Waals surface area contributed by atoms with Gasteiger partial charge in [0.05, 0.1) is 15.1 Å². The van der Waals surface area contributed by atoms with Crippen LogP contribution in [0, 0.1) is 6.92 Å². The van der Waals surface area contributed by atoms with Crippen LogP contribution in [0.1, 0.15) is 22.2 Å². The van der Waals surface area contributed by atoms with Crippen molar-refractivity contribution in [2.75, 3.05) is 5.32 Å². The standard InChI is InChI=1S/C22H19N3O2S2/c1-13-5-10-17-19(12-13)29-22(25-17)15-6-8-16(9-7-15)24-20(26)14(2)23-21(27)18-4-3-11-28-18/h3-12,14H,1-2H3,(H,23,27)(H,24,26). The summed E-state index contributed by atoms with van der Waals surface area (Å²) < 4.78 is 1.16. The van der Waals surface area contributed by atoms with E-state index < -0.39 is 6.04 Å². The summed E-state index contributed by atoms with van der Waals surface area (Å²) in [6.07, 6.45) is 0. The van der Waals surface area contributed by atoms with Gasteiger partial charge in [0, 0.05) is 11.3 Å². The smallest absolute Gasteiger partial charge is 0.261 e. The maximum atomic E-state index is 12.4. The number of amides is 2. The molecule has 0 saturated carbocycles. The minimum atomic E-state index is -0.642. The summed E-state index contributed by atoms with van der Waals surface area (Å²) in [5.41, 5.74) is 3.88. The summed E-state index contributed by atoms with van der Waals surface area (Å²) in [4.78, 5) is 29.7. The highest BCUT2D eigenvalue weighted by Crippen LogP contribution is 2.31. The molecular formula is C22H19N3O2S2. The van der Waals surface area contributed by atoms with Crippen LogP contribution in [0.2, 0.25) is 0 Å². The molecule has 2 aromatic heterocycles. The molecule has 0 radical (unpaired) electrons. The van der Waals surface area contributed by atoms with Crippen LogP contribution in [-0.4, -0.2) is 22.8 Å². The first-order chi connectivity index (χ1) is 14.0. The fraction of sp³-hybridized carbons (Fsp3) is 0.136. The summed E-state index contributed by atoms with van der Waals surface area (Å²) >= 11 is 2.99. The van der Waals surface area contributed by atoms with Gasteiger partial charge >= 0.3 is 0 Å². The molecule has 1 unspecified atom stereocenters. The number of nitrogens with one attached hydrogen (secondary N) is 2. The second-order valence-electron chi connectivity index (χ2n) is 6.73. The molecule has 0 aliphatic heterocycles. The second kappa shape index (κ2) is 8.14. The van der Waals surface area contributed by atoms with Gasteiger partial charge in [0.1, 0.15) is 11.0 Å². The first-order valence-electron chi connectivity index (χ1n) is 9.12. The van der Waals surface area contributed by atoms with E-state index in [2.05, 4.69) is 34.7 Å². The van der Waals surface area contributed by atoms with Crippen LogP contribution >= 0.6 is 22.7 Å². The second-order valence-corrected chi connectivity index (χ2v) is 8.71. The van der Waals surface area contributed by atoms with Crippen molar-refractivity contribution in [3.8, 4) is 10.6 Å². The van der Waals surface area contributed by atoms with Crippen LogP contribution in [0.3, 0.4) is 0 Å². The van der Waals surface area contributed by atoms with E-state index in [-0.39, 0.29) is 11.8 Å². The number of carbonyl (C=O) groups is 2. The lowest BCUT2D eigenvalue weighted by Crippen LogP contribution is -2.41. The third kappa shape index (κ3) is 4.36. The Bertz CT molecular complexity index is 1160. The minimum Gasteiger partial charge on any atom is -0.340 e. The molecule has 0 aliphatic rings. The quantitative estimate of drug-likeness (QED) is 0.471. The Balaban J connectivity index is 1.42. The summed E-state index contributed by atoms with van der Waals surface area (Å²) in [6.45, 7) is 3.73. The molecule has 2 amide bonds. The molecule has 2 heterocycles. The Morgan fingerprint density at radius 1 is 1.07 bits per heavy atom. The van der Waals surface area contributed by atoms with Gasteiger partial charge in [0.15, 0.2) is 0 Å². The molecule has 0 fully saturated rings. The van der Waals surface area contributed by atoms with E-state index in [4.69, 9.17) is 0 Å². The minimum absolute atomic E-state index is 0.246.